The molecule has 0 aliphatic heterocycles. The van der Waals surface area contributed by atoms with Crippen molar-refractivity contribution in [1.82, 2.24) is 9.97 Å². The van der Waals surface area contributed by atoms with Crippen LogP contribution in [-0.4, -0.2) is 9.97 Å². The summed E-state index contributed by atoms with van der Waals surface area (Å²) in [6.07, 6.45) is 7.03. The third kappa shape index (κ3) is 2.48. The van der Waals surface area contributed by atoms with Crippen molar-refractivity contribution in [3.8, 4) is 0 Å². The number of aromatic nitrogens is 2. The van der Waals surface area contributed by atoms with Gasteiger partial charge in [0, 0.05) is 25.1 Å². The molecule has 2 aromatic heterocycles. The monoisotopic (exact) mass is 214 g/mol. The van der Waals surface area contributed by atoms with Gasteiger partial charge in [-0.2, -0.15) is 0 Å². The molecule has 0 aromatic carbocycles. The van der Waals surface area contributed by atoms with Crippen LogP contribution in [0.25, 0.3) is 0 Å². The van der Waals surface area contributed by atoms with Crippen molar-refractivity contribution in [2.24, 2.45) is 0 Å². The molecule has 0 aliphatic rings. The first kappa shape index (κ1) is 10.4. The summed E-state index contributed by atoms with van der Waals surface area (Å²) in [6, 6.07) is 3.87. The van der Waals surface area contributed by atoms with E-state index in [1.807, 2.05) is 25.3 Å². The number of rotatable bonds is 3. The van der Waals surface area contributed by atoms with E-state index in [1.165, 1.54) is 11.1 Å². The third-order valence-electron chi connectivity index (χ3n) is 2.38. The largest absolute Gasteiger partial charge is 0.397 e. The Bertz CT molecular complexity index is 482. The number of nitrogens with one attached hydrogen (secondary N) is 1. The summed E-state index contributed by atoms with van der Waals surface area (Å²) in [7, 11) is 0. The van der Waals surface area contributed by atoms with Crippen LogP contribution in [0.15, 0.2) is 36.9 Å². The number of hydrogen-bond acceptors (Lipinski definition) is 4. The molecule has 0 atom stereocenters. The van der Waals surface area contributed by atoms with E-state index >= 15 is 0 Å². The summed E-state index contributed by atoms with van der Waals surface area (Å²) in [5.41, 5.74) is 9.63. The van der Waals surface area contributed by atoms with Crippen LogP contribution in [-0.2, 0) is 6.54 Å². The molecule has 0 unspecified atom stereocenters. The standard InChI is InChI=1S/C12H14N4/c1-9-5-14-3-2-10(9)6-16-12-4-11(13)7-15-8-12/h2-5,7-8,16H,6,13H2,1H3. The highest BCUT2D eigenvalue weighted by Crippen LogP contribution is 2.12. The van der Waals surface area contributed by atoms with Crippen LogP contribution >= 0.6 is 0 Å². The van der Waals surface area contributed by atoms with Crippen molar-refractivity contribution in [3.05, 3.63) is 48.0 Å². The maximum atomic E-state index is 5.64. The molecule has 0 saturated carbocycles. The molecule has 2 rings (SSSR count). The second-order valence-electron chi connectivity index (χ2n) is 3.66. The average molecular weight is 214 g/mol. The Hall–Kier alpha value is -2.10. The zero-order valence-electron chi connectivity index (χ0n) is 9.14. The quantitative estimate of drug-likeness (QED) is 0.820. The lowest BCUT2D eigenvalue weighted by molar-refractivity contribution is 1.09. The summed E-state index contributed by atoms with van der Waals surface area (Å²) in [5, 5.41) is 3.27. The van der Waals surface area contributed by atoms with E-state index in [1.54, 1.807) is 18.6 Å². The lowest BCUT2D eigenvalue weighted by Crippen LogP contribution is -2.02. The molecule has 3 N–H and O–H groups in total. The summed E-state index contributed by atoms with van der Waals surface area (Å²) in [4.78, 5) is 8.07. The predicted octanol–water partition coefficient (Wildman–Crippen LogP) is 1.98. The Morgan fingerprint density at radius 2 is 2.12 bits per heavy atom. The molecule has 82 valence electrons. The van der Waals surface area contributed by atoms with Crippen LogP contribution in [0.4, 0.5) is 11.4 Å². The van der Waals surface area contributed by atoms with Gasteiger partial charge in [-0.05, 0) is 30.2 Å². The van der Waals surface area contributed by atoms with E-state index in [4.69, 9.17) is 5.73 Å². The van der Waals surface area contributed by atoms with Gasteiger partial charge in [-0.25, -0.2) is 0 Å². The van der Waals surface area contributed by atoms with Gasteiger partial charge in [-0.3, -0.25) is 9.97 Å². The van der Waals surface area contributed by atoms with Gasteiger partial charge in [-0.15, -0.1) is 0 Å². The van der Waals surface area contributed by atoms with Crippen molar-refractivity contribution in [2.75, 3.05) is 11.1 Å². The molecule has 0 radical (unpaired) electrons. The molecule has 0 fully saturated rings. The smallest absolute Gasteiger partial charge is 0.0550 e. The van der Waals surface area contributed by atoms with Crippen LogP contribution in [0, 0.1) is 6.92 Å². The fourth-order valence-corrected chi connectivity index (χ4v) is 1.45. The molecular formula is C12H14N4. The first-order valence-electron chi connectivity index (χ1n) is 5.09. The van der Waals surface area contributed by atoms with Gasteiger partial charge in [0.25, 0.3) is 0 Å². The van der Waals surface area contributed by atoms with Crippen molar-refractivity contribution in [1.29, 1.82) is 0 Å². The Balaban J connectivity index is 2.05. The molecule has 0 amide bonds. The molecule has 4 heteroatoms. The zero-order valence-corrected chi connectivity index (χ0v) is 9.14. The SMILES string of the molecule is Cc1cnccc1CNc1cncc(N)c1. The van der Waals surface area contributed by atoms with E-state index in [-0.39, 0.29) is 0 Å². The first-order valence-corrected chi connectivity index (χ1v) is 5.09. The lowest BCUT2D eigenvalue weighted by atomic mass is 10.1. The number of anilines is 2. The molecule has 16 heavy (non-hydrogen) atoms. The lowest BCUT2D eigenvalue weighted by Gasteiger charge is -2.08. The fraction of sp³-hybridized carbons (Fsp3) is 0.167. The molecule has 2 heterocycles. The minimum absolute atomic E-state index is 0.663. The molecule has 0 spiro atoms. The Morgan fingerprint density at radius 3 is 2.88 bits per heavy atom. The molecule has 2 aromatic rings. The van der Waals surface area contributed by atoms with Crippen LogP contribution in [0.5, 0.6) is 0 Å². The van der Waals surface area contributed by atoms with Crippen molar-refractivity contribution >= 4 is 11.4 Å². The minimum atomic E-state index is 0.663. The minimum Gasteiger partial charge on any atom is -0.397 e. The Kier molecular flexibility index (Phi) is 3.00. The van der Waals surface area contributed by atoms with Gasteiger partial charge >= 0.3 is 0 Å². The maximum Gasteiger partial charge on any atom is 0.0550 e. The highest BCUT2D eigenvalue weighted by Gasteiger charge is 1.98. The van der Waals surface area contributed by atoms with E-state index in [9.17, 15) is 0 Å². The van der Waals surface area contributed by atoms with Gasteiger partial charge in [0.05, 0.1) is 17.6 Å². The number of pyridine rings is 2. The van der Waals surface area contributed by atoms with Crippen LogP contribution in [0.1, 0.15) is 11.1 Å². The summed E-state index contributed by atoms with van der Waals surface area (Å²) < 4.78 is 0. The van der Waals surface area contributed by atoms with Crippen molar-refractivity contribution in [3.63, 3.8) is 0 Å². The molecule has 0 bridgehead atoms. The number of aryl methyl sites for hydroxylation is 1. The second kappa shape index (κ2) is 4.61. The van der Waals surface area contributed by atoms with Crippen molar-refractivity contribution in [2.45, 2.75) is 13.5 Å². The first-order chi connectivity index (χ1) is 7.75. The number of nitrogen functional groups attached to an aromatic ring is 1. The van der Waals surface area contributed by atoms with Crippen LogP contribution in [0.3, 0.4) is 0 Å². The summed E-state index contributed by atoms with van der Waals surface area (Å²) in [5.74, 6) is 0. The highest BCUT2D eigenvalue weighted by molar-refractivity contribution is 5.51. The van der Waals surface area contributed by atoms with E-state index in [0.29, 0.717) is 5.69 Å². The number of nitrogens with zero attached hydrogens (tertiary/aromatic N) is 2. The molecular weight excluding hydrogens is 200 g/mol. The normalized spacial score (nSPS) is 10.1. The third-order valence-corrected chi connectivity index (χ3v) is 2.38. The molecule has 0 saturated heterocycles. The van der Waals surface area contributed by atoms with E-state index in [2.05, 4.69) is 15.3 Å². The van der Waals surface area contributed by atoms with E-state index in [0.717, 1.165) is 12.2 Å². The second-order valence-corrected chi connectivity index (χ2v) is 3.66. The van der Waals surface area contributed by atoms with Crippen LogP contribution in [0.2, 0.25) is 0 Å². The van der Waals surface area contributed by atoms with Gasteiger partial charge < -0.3 is 11.1 Å². The van der Waals surface area contributed by atoms with Gasteiger partial charge in [-0.1, -0.05) is 0 Å². The number of hydrogen-bond donors (Lipinski definition) is 2. The van der Waals surface area contributed by atoms with Crippen molar-refractivity contribution < 1.29 is 0 Å². The Labute approximate surface area is 94.5 Å². The predicted molar refractivity (Wildman–Crippen MR) is 65.0 cm³/mol. The van der Waals surface area contributed by atoms with Gasteiger partial charge in [0.1, 0.15) is 0 Å². The fourth-order valence-electron chi connectivity index (χ4n) is 1.45. The Morgan fingerprint density at radius 1 is 1.25 bits per heavy atom. The molecule has 0 aliphatic carbocycles. The zero-order chi connectivity index (χ0) is 11.4. The maximum absolute atomic E-state index is 5.64. The topological polar surface area (TPSA) is 63.8 Å². The van der Waals surface area contributed by atoms with Gasteiger partial charge in [0.15, 0.2) is 0 Å². The number of nitrogens with two attached hydrogens (primary N) is 1. The average Bonchev–Trinajstić information content (AvgIpc) is 2.28. The van der Waals surface area contributed by atoms with Crippen LogP contribution < -0.4 is 11.1 Å². The molecule has 4 nitrogen and oxygen atoms in total. The summed E-state index contributed by atoms with van der Waals surface area (Å²) in [6.45, 7) is 2.79. The van der Waals surface area contributed by atoms with E-state index < -0.39 is 0 Å². The highest BCUT2D eigenvalue weighted by atomic mass is 14.9. The van der Waals surface area contributed by atoms with Gasteiger partial charge in [0.2, 0.25) is 0 Å². The summed E-state index contributed by atoms with van der Waals surface area (Å²) >= 11 is 0.